The van der Waals surface area contributed by atoms with Gasteiger partial charge in [-0.25, -0.2) is 0 Å². The minimum atomic E-state index is -0.0726. The van der Waals surface area contributed by atoms with Crippen LogP contribution in [-0.4, -0.2) is 22.5 Å². The normalized spacial score (nSPS) is 10.8. The number of pyridine rings is 1. The van der Waals surface area contributed by atoms with Crippen molar-refractivity contribution in [1.82, 2.24) is 4.98 Å². The van der Waals surface area contributed by atoms with E-state index in [0.717, 1.165) is 28.1 Å². The highest BCUT2D eigenvalue weighted by molar-refractivity contribution is 5.80. The number of rotatable bonds is 7. The van der Waals surface area contributed by atoms with Crippen molar-refractivity contribution in [2.24, 2.45) is 5.92 Å². The Hall–Kier alpha value is -2.20. The number of hydrogen-bond donors (Lipinski definition) is 1. The Balaban J connectivity index is 2.40. The number of carbonyl (C=O) groups is 1. The van der Waals surface area contributed by atoms with Crippen LogP contribution in [0.25, 0.3) is 11.3 Å². The van der Waals surface area contributed by atoms with E-state index in [0.29, 0.717) is 18.9 Å². The first-order valence-corrected chi connectivity index (χ1v) is 7.81. The highest BCUT2D eigenvalue weighted by atomic mass is 16.5. The second-order valence-electron chi connectivity index (χ2n) is 6.08. The molecule has 1 heterocycles. The SMILES string of the molecule is CC(=O)Cc1cc(-c2ncccc2CO)ccc1OCC(C)C. The maximum atomic E-state index is 11.6. The largest absolute Gasteiger partial charge is 0.493 e. The molecule has 0 bridgehead atoms. The maximum absolute atomic E-state index is 11.6. The van der Waals surface area contributed by atoms with E-state index in [4.69, 9.17) is 4.74 Å². The van der Waals surface area contributed by atoms with Gasteiger partial charge in [0.1, 0.15) is 11.5 Å². The van der Waals surface area contributed by atoms with Crippen LogP contribution in [0.1, 0.15) is 31.9 Å². The molecule has 0 saturated heterocycles. The fraction of sp³-hybridized carbons (Fsp3) is 0.368. The predicted octanol–water partition coefficient (Wildman–Crippen LogP) is 3.41. The Kier molecular flexibility index (Phi) is 5.88. The minimum absolute atomic E-state index is 0.0726. The van der Waals surface area contributed by atoms with Gasteiger partial charge in [0.05, 0.1) is 18.9 Å². The van der Waals surface area contributed by atoms with Crippen LogP contribution >= 0.6 is 0 Å². The highest BCUT2D eigenvalue weighted by Crippen LogP contribution is 2.28. The predicted molar refractivity (Wildman–Crippen MR) is 90.3 cm³/mol. The van der Waals surface area contributed by atoms with Crippen LogP contribution in [0.2, 0.25) is 0 Å². The Bertz CT molecular complexity index is 680. The number of hydrogen-bond acceptors (Lipinski definition) is 4. The van der Waals surface area contributed by atoms with E-state index < -0.39 is 0 Å². The van der Waals surface area contributed by atoms with Crippen molar-refractivity contribution in [2.75, 3.05) is 6.61 Å². The van der Waals surface area contributed by atoms with Crippen molar-refractivity contribution < 1.29 is 14.6 Å². The average Bonchev–Trinajstić information content (AvgIpc) is 2.53. The van der Waals surface area contributed by atoms with Crippen LogP contribution < -0.4 is 4.74 Å². The molecule has 0 unspecified atom stereocenters. The van der Waals surface area contributed by atoms with Gasteiger partial charge >= 0.3 is 0 Å². The molecule has 0 atom stereocenters. The smallest absolute Gasteiger partial charge is 0.134 e. The van der Waals surface area contributed by atoms with E-state index in [2.05, 4.69) is 18.8 Å². The Morgan fingerprint density at radius 1 is 1.26 bits per heavy atom. The molecule has 0 fully saturated rings. The van der Waals surface area contributed by atoms with E-state index in [1.165, 1.54) is 0 Å². The number of aliphatic hydroxyl groups excluding tert-OH is 1. The Morgan fingerprint density at radius 3 is 2.70 bits per heavy atom. The standard InChI is InChI=1S/C19H23NO3/c1-13(2)12-23-18-7-6-15(10-17(18)9-14(3)22)19-16(11-21)5-4-8-20-19/h4-8,10,13,21H,9,11-12H2,1-3H3. The average molecular weight is 313 g/mol. The summed E-state index contributed by atoms with van der Waals surface area (Å²) < 4.78 is 5.82. The molecule has 1 N–H and O–H groups in total. The van der Waals surface area contributed by atoms with Gasteiger partial charge < -0.3 is 9.84 Å². The Morgan fingerprint density at radius 2 is 2.04 bits per heavy atom. The number of aromatic nitrogens is 1. The van der Waals surface area contributed by atoms with Crippen molar-refractivity contribution in [3.8, 4) is 17.0 Å². The lowest BCUT2D eigenvalue weighted by molar-refractivity contribution is -0.116. The summed E-state index contributed by atoms with van der Waals surface area (Å²) in [6.07, 6.45) is 2.02. The van der Waals surface area contributed by atoms with Gasteiger partial charge in [0, 0.05) is 29.3 Å². The van der Waals surface area contributed by atoms with Crippen LogP contribution in [-0.2, 0) is 17.8 Å². The van der Waals surface area contributed by atoms with Gasteiger partial charge in [-0.1, -0.05) is 19.9 Å². The zero-order chi connectivity index (χ0) is 16.8. The molecule has 0 radical (unpaired) electrons. The van der Waals surface area contributed by atoms with Crippen molar-refractivity contribution in [1.29, 1.82) is 0 Å². The second kappa shape index (κ2) is 7.88. The summed E-state index contributed by atoms with van der Waals surface area (Å²) in [6.45, 7) is 6.27. The lowest BCUT2D eigenvalue weighted by atomic mass is 10.0. The third-order valence-corrected chi connectivity index (χ3v) is 3.41. The van der Waals surface area contributed by atoms with E-state index in [-0.39, 0.29) is 12.4 Å². The van der Waals surface area contributed by atoms with Crippen LogP contribution in [0.5, 0.6) is 5.75 Å². The molecule has 2 rings (SSSR count). The lowest BCUT2D eigenvalue weighted by Crippen LogP contribution is -2.08. The monoisotopic (exact) mass is 313 g/mol. The summed E-state index contributed by atoms with van der Waals surface area (Å²) in [6, 6.07) is 9.37. The number of nitrogens with zero attached hydrogens (tertiary/aromatic N) is 1. The van der Waals surface area contributed by atoms with E-state index >= 15 is 0 Å². The molecule has 0 spiro atoms. The van der Waals surface area contributed by atoms with Gasteiger partial charge in [-0.05, 0) is 37.1 Å². The number of aliphatic hydroxyl groups is 1. The molecule has 4 heteroatoms. The summed E-state index contributed by atoms with van der Waals surface area (Å²) in [5.41, 5.74) is 3.22. The van der Waals surface area contributed by atoms with Crippen molar-refractivity contribution in [3.05, 3.63) is 47.7 Å². The summed E-state index contributed by atoms with van der Waals surface area (Å²) in [5.74, 6) is 1.23. The first-order valence-electron chi connectivity index (χ1n) is 7.81. The van der Waals surface area contributed by atoms with Gasteiger partial charge in [-0.15, -0.1) is 0 Å². The van der Waals surface area contributed by atoms with E-state index in [9.17, 15) is 9.90 Å². The minimum Gasteiger partial charge on any atom is -0.493 e. The van der Waals surface area contributed by atoms with Crippen LogP contribution in [0.4, 0.5) is 0 Å². The highest BCUT2D eigenvalue weighted by Gasteiger charge is 2.12. The van der Waals surface area contributed by atoms with E-state index in [1.807, 2.05) is 24.3 Å². The molecule has 0 amide bonds. The fourth-order valence-electron chi connectivity index (χ4n) is 2.36. The van der Waals surface area contributed by atoms with Gasteiger partial charge in [-0.3, -0.25) is 9.78 Å². The third kappa shape index (κ3) is 4.63. The molecule has 23 heavy (non-hydrogen) atoms. The summed E-state index contributed by atoms with van der Waals surface area (Å²) >= 11 is 0. The molecule has 0 aliphatic heterocycles. The van der Waals surface area contributed by atoms with Gasteiger partial charge in [0.25, 0.3) is 0 Å². The lowest BCUT2D eigenvalue weighted by Gasteiger charge is -2.15. The Labute approximate surface area is 137 Å². The van der Waals surface area contributed by atoms with Crippen molar-refractivity contribution in [2.45, 2.75) is 33.8 Å². The molecule has 0 aliphatic rings. The molecule has 1 aromatic heterocycles. The molecule has 122 valence electrons. The molecule has 0 aliphatic carbocycles. The maximum Gasteiger partial charge on any atom is 0.134 e. The van der Waals surface area contributed by atoms with Crippen molar-refractivity contribution in [3.63, 3.8) is 0 Å². The van der Waals surface area contributed by atoms with Crippen LogP contribution in [0, 0.1) is 5.92 Å². The number of ketones is 1. The molecule has 2 aromatic rings. The molecular formula is C19H23NO3. The topological polar surface area (TPSA) is 59.4 Å². The number of carbonyl (C=O) groups excluding carboxylic acids is 1. The second-order valence-corrected chi connectivity index (χ2v) is 6.08. The van der Waals surface area contributed by atoms with E-state index in [1.54, 1.807) is 19.2 Å². The van der Waals surface area contributed by atoms with Gasteiger partial charge in [0.15, 0.2) is 0 Å². The fourth-order valence-corrected chi connectivity index (χ4v) is 2.36. The number of benzene rings is 1. The first kappa shape index (κ1) is 17.2. The molecule has 1 aromatic carbocycles. The van der Waals surface area contributed by atoms with Gasteiger partial charge in [0.2, 0.25) is 0 Å². The molecule has 4 nitrogen and oxygen atoms in total. The van der Waals surface area contributed by atoms with Crippen molar-refractivity contribution >= 4 is 5.78 Å². The quantitative estimate of drug-likeness (QED) is 0.851. The third-order valence-electron chi connectivity index (χ3n) is 3.41. The zero-order valence-electron chi connectivity index (χ0n) is 13.9. The summed E-state index contributed by atoms with van der Waals surface area (Å²) in [7, 11) is 0. The molecular weight excluding hydrogens is 290 g/mol. The molecule has 0 saturated carbocycles. The number of ether oxygens (including phenoxy) is 1. The van der Waals surface area contributed by atoms with Crippen LogP contribution in [0.15, 0.2) is 36.5 Å². The van der Waals surface area contributed by atoms with Gasteiger partial charge in [-0.2, -0.15) is 0 Å². The van der Waals surface area contributed by atoms with Crippen LogP contribution in [0.3, 0.4) is 0 Å². The zero-order valence-corrected chi connectivity index (χ0v) is 13.9. The number of Topliss-reactive ketones (excluding diaryl/α,β-unsaturated/α-hetero) is 1. The summed E-state index contributed by atoms with van der Waals surface area (Å²) in [5, 5.41) is 9.48. The summed E-state index contributed by atoms with van der Waals surface area (Å²) in [4.78, 5) is 15.9. The first-order chi connectivity index (χ1) is 11.0.